The molecule has 2 fully saturated rings. The first-order valence-electron chi connectivity index (χ1n) is 11.8. The van der Waals surface area contributed by atoms with Crippen molar-refractivity contribution in [2.75, 3.05) is 12.4 Å². The molecule has 2 aromatic rings. The van der Waals surface area contributed by atoms with Gasteiger partial charge in [-0.25, -0.2) is 0 Å². The number of benzene rings is 2. The van der Waals surface area contributed by atoms with Crippen LogP contribution < -0.4 is 10.6 Å². The number of rotatable bonds is 8. The Bertz CT molecular complexity index is 957. The third kappa shape index (κ3) is 6.30. The van der Waals surface area contributed by atoms with Gasteiger partial charge in [0, 0.05) is 36.0 Å². The van der Waals surface area contributed by atoms with E-state index in [2.05, 4.69) is 28.6 Å². The zero-order valence-electron chi connectivity index (χ0n) is 18.8. The number of hydrogen-bond acceptors (Lipinski definition) is 3. The number of para-hydroxylation sites is 1. The van der Waals surface area contributed by atoms with E-state index in [4.69, 9.17) is 0 Å². The van der Waals surface area contributed by atoms with Gasteiger partial charge in [-0.05, 0) is 68.1 Å². The maximum absolute atomic E-state index is 12.6. The van der Waals surface area contributed by atoms with Crippen LogP contribution in [0.2, 0.25) is 0 Å². The summed E-state index contributed by atoms with van der Waals surface area (Å²) in [4.78, 5) is 27.1. The molecule has 0 unspecified atom stereocenters. The molecule has 0 saturated heterocycles. The Morgan fingerprint density at radius 2 is 1.69 bits per heavy atom. The largest absolute Gasteiger partial charge is 0.349 e. The van der Waals surface area contributed by atoms with Gasteiger partial charge in [0.15, 0.2) is 0 Å². The summed E-state index contributed by atoms with van der Waals surface area (Å²) in [6.07, 6.45) is 11.9. The van der Waals surface area contributed by atoms with E-state index in [0.717, 1.165) is 36.2 Å². The van der Waals surface area contributed by atoms with Crippen LogP contribution in [0.25, 0.3) is 6.08 Å². The molecular formula is C27H33N3O2. The molecule has 0 heterocycles. The lowest BCUT2D eigenvalue weighted by atomic mass is 9.94. The fraction of sp³-hybridized carbons (Fsp3) is 0.407. The summed E-state index contributed by atoms with van der Waals surface area (Å²) in [5.74, 6) is -0.191. The monoisotopic (exact) mass is 431 g/mol. The minimum absolute atomic E-state index is 0.0319. The average Bonchev–Trinajstić information content (AvgIpc) is 3.64. The van der Waals surface area contributed by atoms with Gasteiger partial charge in [-0.1, -0.05) is 49.6 Å². The Labute approximate surface area is 190 Å². The number of nitrogens with one attached hydrogen (secondary N) is 2. The summed E-state index contributed by atoms with van der Waals surface area (Å²) in [6.45, 7) is 0.829. The Kier molecular flexibility index (Phi) is 7.38. The van der Waals surface area contributed by atoms with Crippen LogP contribution in [0.5, 0.6) is 0 Å². The summed E-state index contributed by atoms with van der Waals surface area (Å²) in [5, 5.41) is 6.01. The molecule has 2 aromatic carbocycles. The van der Waals surface area contributed by atoms with Crippen LogP contribution in [0, 0.1) is 0 Å². The molecule has 5 heteroatoms. The minimum atomic E-state index is -0.159. The highest BCUT2D eigenvalue weighted by atomic mass is 16.2. The minimum Gasteiger partial charge on any atom is -0.349 e. The molecule has 4 rings (SSSR count). The first-order valence-corrected chi connectivity index (χ1v) is 11.8. The van der Waals surface area contributed by atoms with Crippen molar-refractivity contribution in [2.24, 2.45) is 0 Å². The Hall–Kier alpha value is -2.92. The summed E-state index contributed by atoms with van der Waals surface area (Å²) in [6, 6.07) is 16.3. The van der Waals surface area contributed by atoms with Gasteiger partial charge in [0.25, 0.3) is 5.91 Å². The van der Waals surface area contributed by atoms with Gasteiger partial charge in [0.05, 0.1) is 0 Å². The Morgan fingerprint density at radius 1 is 0.969 bits per heavy atom. The molecule has 0 aliphatic heterocycles. The van der Waals surface area contributed by atoms with E-state index in [1.54, 1.807) is 24.3 Å². The van der Waals surface area contributed by atoms with E-state index < -0.39 is 0 Å². The number of carbonyl (C=O) groups is 2. The molecule has 2 aliphatic carbocycles. The van der Waals surface area contributed by atoms with Crippen molar-refractivity contribution in [1.82, 2.24) is 10.2 Å². The maximum Gasteiger partial charge on any atom is 0.251 e. The first kappa shape index (κ1) is 22.3. The SMILES string of the molecule is CN(Cc1ccccc1NC(=O)/C=C/c1ccc(C(=O)NC2CC2)cc1)C1CCCCC1. The second-order valence-corrected chi connectivity index (χ2v) is 9.06. The van der Waals surface area contributed by atoms with E-state index >= 15 is 0 Å². The van der Waals surface area contributed by atoms with Crippen molar-refractivity contribution in [2.45, 2.75) is 63.6 Å². The molecular weight excluding hydrogens is 398 g/mol. The second-order valence-electron chi connectivity index (χ2n) is 9.06. The molecule has 0 atom stereocenters. The highest BCUT2D eigenvalue weighted by Gasteiger charge is 2.23. The third-order valence-electron chi connectivity index (χ3n) is 6.41. The average molecular weight is 432 g/mol. The van der Waals surface area contributed by atoms with E-state index in [1.807, 2.05) is 30.3 Å². The fourth-order valence-electron chi connectivity index (χ4n) is 4.29. The molecule has 2 amide bonds. The van der Waals surface area contributed by atoms with E-state index in [1.165, 1.54) is 32.1 Å². The summed E-state index contributed by atoms with van der Waals surface area (Å²) >= 11 is 0. The van der Waals surface area contributed by atoms with Crippen LogP contribution in [-0.4, -0.2) is 35.8 Å². The molecule has 0 spiro atoms. The van der Waals surface area contributed by atoms with Gasteiger partial charge in [0.1, 0.15) is 0 Å². The van der Waals surface area contributed by atoms with Crippen molar-refractivity contribution in [1.29, 1.82) is 0 Å². The van der Waals surface area contributed by atoms with Gasteiger partial charge >= 0.3 is 0 Å². The summed E-state index contributed by atoms with van der Waals surface area (Å²) in [7, 11) is 2.18. The topological polar surface area (TPSA) is 61.4 Å². The number of anilines is 1. The molecule has 32 heavy (non-hydrogen) atoms. The number of carbonyl (C=O) groups excluding carboxylic acids is 2. The molecule has 2 saturated carbocycles. The molecule has 0 bridgehead atoms. The zero-order chi connectivity index (χ0) is 22.3. The van der Waals surface area contributed by atoms with Gasteiger partial charge in [-0.15, -0.1) is 0 Å². The zero-order valence-corrected chi connectivity index (χ0v) is 18.8. The predicted octanol–water partition coefficient (Wildman–Crippen LogP) is 5.00. The highest BCUT2D eigenvalue weighted by molar-refractivity contribution is 6.02. The molecule has 5 nitrogen and oxygen atoms in total. The number of amides is 2. The first-order chi connectivity index (χ1) is 15.6. The van der Waals surface area contributed by atoms with Crippen molar-refractivity contribution in [3.05, 3.63) is 71.3 Å². The lowest BCUT2D eigenvalue weighted by molar-refractivity contribution is -0.111. The van der Waals surface area contributed by atoms with Gasteiger partial charge < -0.3 is 10.6 Å². The van der Waals surface area contributed by atoms with Gasteiger partial charge in [-0.3, -0.25) is 14.5 Å². The van der Waals surface area contributed by atoms with Crippen molar-refractivity contribution in [3.8, 4) is 0 Å². The van der Waals surface area contributed by atoms with Crippen LogP contribution >= 0.6 is 0 Å². The fourth-order valence-corrected chi connectivity index (χ4v) is 4.29. The molecule has 168 valence electrons. The van der Waals surface area contributed by atoms with Gasteiger partial charge in [0.2, 0.25) is 5.91 Å². The summed E-state index contributed by atoms with van der Waals surface area (Å²) < 4.78 is 0. The van der Waals surface area contributed by atoms with Crippen LogP contribution in [0.1, 0.15) is 66.4 Å². The third-order valence-corrected chi connectivity index (χ3v) is 6.41. The van der Waals surface area contributed by atoms with Crippen LogP contribution in [-0.2, 0) is 11.3 Å². The van der Waals surface area contributed by atoms with E-state index in [0.29, 0.717) is 17.6 Å². The Morgan fingerprint density at radius 3 is 2.41 bits per heavy atom. The smallest absolute Gasteiger partial charge is 0.251 e. The Balaban J connectivity index is 1.33. The molecule has 2 N–H and O–H groups in total. The number of hydrogen-bond donors (Lipinski definition) is 2. The van der Waals surface area contributed by atoms with Crippen LogP contribution in [0.3, 0.4) is 0 Å². The quantitative estimate of drug-likeness (QED) is 0.579. The second kappa shape index (κ2) is 10.6. The lowest BCUT2D eigenvalue weighted by Crippen LogP contribution is -2.33. The normalized spacial score (nSPS) is 16.9. The standard InChI is InChI=1S/C27H33N3O2/c1-30(24-8-3-2-4-9-24)19-22-7-5-6-10-25(22)29-26(31)18-13-20-11-14-21(15-12-20)27(32)28-23-16-17-23/h5-7,10-15,18,23-24H,2-4,8-9,16-17,19H2,1H3,(H,28,32)(H,29,31)/b18-13+. The van der Waals surface area contributed by atoms with Crippen LogP contribution in [0.15, 0.2) is 54.6 Å². The summed E-state index contributed by atoms with van der Waals surface area (Å²) in [5.41, 5.74) is 3.52. The predicted molar refractivity (Wildman–Crippen MR) is 129 cm³/mol. The van der Waals surface area contributed by atoms with Crippen molar-refractivity contribution < 1.29 is 9.59 Å². The number of nitrogens with zero attached hydrogens (tertiary/aromatic N) is 1. The highest BCUT2D eigenvalue weighted by Crippen LogP contribution is 2.25. The van der Waals surface area contributed by atoms with Gasteiger partial charge in [-0.2, -0.15) is 0 Å². The molecule has 0 aromatic heterocycles. The van der Waals surface area contributed by atoms with Crippen molar-refractivity contribution >= 4 is 23.6 Å². The molecule has 0 radical (unpaired) electrons. The maximum atomic E-state index is 12.6. The molecule has 2 aliphatic rings. The lowest BCUT2D eigenvalue weighted by Gasteiger charge is -2.31. The van der Waals surface area contributed by atoms with Crippen LogP contribution in [0.4, 0.5) is 5.69 Å². The van der Waals surface area contributed by atoms with E-state index in [-0.39, 0.29) is 11.8 Å². The van der Waals surface area contributed by atoms with E-state index in [9.17, 15) is 9.59 Å². The van der Waals surface area contributed by atoms with Crippen molar-refractivity contribution in [3.63, 3.8) is 0 Å².